The van der Waals surface area contributed by atoms with Crippen molar-refractivity contribution in [2.24, 2.45) is 0 Å². The summed E-state index contributed by atoms with van der Waals surface area (Å²) in [5.74, 6) is 0. The van der Waals surface area contributed by atoms with Gasteiger partial charge in [0.2, 0.25) is 0 Å². The molecule has 0 atom stereocenters. The summed E-state index contributed by atoms with van der Waals surface area (Å²) in [5.41, 5.74) is 5.94. The first-order valence-electron chi connectivity index (χ1n) is 2.53. The lowest BCUT2D eigenvalue weighted by Crippen LogP contribution is -2.32. The maximum Gasteiger partial charge on any atom is 0.0605 e. The molecule has 4 heteroatoms. The van der Waals surface area contributed by atoms with Crippen molar-refractivity contribution >= 4 is 17.0 Å². The third-order valence-electron chi connectivity index (χ3n) is 0.868. The molecule has 1 saturated heterocycles. The van der Waals surface area contributed by atoms with Crippen molar-refractivity contribution in [1.82, 2.24) is 10.9 Å². The Labute approximate surface area is 59.5 Å². The second kappa shape index (κ2) is 5.50. The van der Waals surface area contributed by atoms with E-state index in [1.807, 2.05) is 0 Å². The van der Waals surface area contributed by atoms with E-state index in [4.69, 9.17) is 4.74 Å². The predicted molar refractivity (Wildman–Crippen MR) is 37.1 cm³/mol. The molecule has 1 aliphatic rings. The molecule has 0 aliphatic carbocycles. The monoisotopic (exact) mass is 182 g/mol. The lowest BCUT2D eigenvalue weighted by molar-refractivity contribution is 0.157. The number of hydrogen-bond acceptors (Lipinski definition) is 3. The topological polar surface area (TPSA) is 33.3 Å². The van der Waals surface area contributed by atoms with Gasteiger partial charge in [-0.05, 0) is 0 Å². The molecule has 0 bridgehead atoms. The van der Waals surface area contributed by atoms with Crippen molar-refractivity contribution in [1.29, 1.82) is 0 Å². The average Bonchev–Trinajstić information content (AvgIpc) is 1.90. The van der Waals surface area contributed by atoms with Crippen LogP contribution in [0.25, 0.3) is 0 Å². The maximum absolute atomic E-state index is 5.07. The summed E-state index contributed by atoms with van der Waals surface area (Å²) in [6, 6.07) is 0. The fourth-order valence-corrected chi connectivity index (χ4v) is 0.525. The molecule has 50 valence electrons. The molecule has 0 amide bonds. The SMILES string of the molecule is Br.C1COCCNN1. The van der Waals surface area contributed by atoms with E-state index in [1.165, 1.54) is 0 Å². The van der Waals surface area contributed by atoms with Crippen LogP contribution in [0.2, 0.25) is 0 Å². The van der Waals surface area contributed by atoms with E-state index >= 15 is 0 Å². The van der Waals surface area contributed by atoms with Gasteiger partial charge >= 0.3 is 0 Å². The van der Waals surface area contributed by atoms with Crippen molar-refractivity contribution in [3.63, 3.8) is 0 Å². The zero-order chi connectivity index (χ0) is 4.95. The Morgan fingerprint density at radius 2 is 1.50 bits per heavy atom. The first kappa shape index (κ1) is 8.36. The van der Waals surface area contributed by atoms with Crippen LogP contribution in [0.15, 0.2) is 0 Å². The summed E-state index contributed by atoms with van der Waals surface area (Å²) >= 11 is 0. The van der Waals surface area contributed by atoms with E-state index in [0.717, 1.165) is 26.3 Å². The van der Waals surface area contributed by atoms with Crippen molar-refractivity contribution < 1.29 is 4.74 Å². The van der Waals surface area contributed by atoms with Crippen molar-refractivity contribution in [3.05, 3.63) is 0 Å². The van der Waals surface area contributed by atoms with Gasteiger partial charge in [0, 0.05) is 13.1 Å². The third-order valence-corrected chi connectivity index (χ3v) is 0.868. The van der Waals surface area contributed by atoms with Gasteiger partial charge in [-0.15, -0.1) is 17.0 Å². The Morgan fingerprint density at radius 3 is 2.00 bits per heavy atom. The summed E-state index contributed by atoms with van der Waals surface area (Å²) in [6.07, 6.45) is 0. The Hall–Kier alpha value is 0.360. The van der Waals surface area contributed by atoms with E-state index in [1.54, 1.807) is 0 Å². The Balaban J connectivity index is 0.000000490. The van der Waals surface area contributed by atoms with Crippen molar-refractivity contribution in [2.75, 3.05) is 26.3 Å². The highest BCUT2D eigenvalue weighted by atomic mass is 79.9. The number of hydrazine groups is 1. The molecule has 2 N–H and O–H groups in total. The van der Waals surface area contributed by atoms with Crippen LogP contribution in [0.1, 0.15) is 0 Å². The van der Waals surface area contributed by atoms with Crippen LogP contribution in [0.5, 0.6) is 0 Å². The zero-order valence-electron chi connectivity index (χ0n) is 4.64. The van der Waals surface area contributed by atoms with Crippen LogP contribution >= 0.6 is 17.0 Å². The smallest absolute Gasteiger partial charge is 0.0605 e. The Bertz CT molecular complexity index is 33.7. The minimum absolute atomic E-state index is 0. The van der Waals surface area contributed by atoms with E-state index in [9.17, 15) is 0 Å². The van der Waals surface area contributed by atoms with Crippen LogP contribution in [-0.4, -0.2) is 26.3 Å². The van der Waals surface area contributed by atoms with E-state index < -0.39 is 0 Å². The molecule has 8 heavy (non-hydrogen) atoms. The fourth-order valence-electron chi connectivity index (χ4n) is 0.525. The molecule has 1 aliphatic heterocycles. The predicted octanol–water partition coefficient (Wildman–Crippen LogP) is -0.311. The lowest BCUT2D eigenvalue weighted by Gasteiger charge is -1.94. The summed E-state index contributed by atoms with van der Waals surface area (Å²) in [7, 11) is 0. The van der Waals surface area contributed by atoms with Crippen LogP contribution in [0.4, 0.5) is 0 Å². The molecule has 0 unspecified atom stereocenters. The summed E-state index contributed by atoms with van der Waals surface area (Å²) < 4.78 is 5.07. The molecule has 0 aromatic heterocycles. The molecule has 1 heterocycles. The van der Waals surface area contributed by atoms with Gasteiger partial charge in [0.1, 0.15) is 0 Å². The molecular formula is C4H11BrN2O. The van der Waals surface area contributed by atoms with Gasteiger partial charge in [-0.1, -0.05) is 0 Å². The average molecular weight is 183 g/mol. The van der Waals surface area contributed by atoms with Gasteiger partial charge in [-0.2, -0.15) is 0 Å². The molecule has 0 radical (unpaired) electrons. The largest absolute Gasteiger partial charge is 0.379 e. The Kier molecular flexibility index (Phi) is 5.74. The normalized spacial score (nSPS) is 21.0. The number of rotatable bonds is 0. The van der Waals surface area contributed by atoms with Crippen LogP contribution in [-0.2, 0) is 4.74 Å². The molecule has 1 rings (SSSR count). The minimum Gasteiger partial charge on any atom is -0.379 e. The standard InChI is InChI=1S/C4H10N2O.BrH/c1-3-7-4-2-6-5-1;/h5-6H,1-4H2;1H. The first-order valence-corrected chi connectivity index (χ1v) is 2.53. The van der Waals surface area contributed by atoms with Crippen LogP contribution in [0, 0.1) is 0 Å². The number of halogens is 1. The van der Waals surface area contributed by atoms with Crippen LogP contribution < -0.4 is 10.9 Å². The molecular weight excluding hydrogens is 172 g/mol. The van der Waals surface area contributed by atoms with Gasteiger partial charge in [0.15, 0.2) is 0 Å². The fraction of sp³-hybridized carbons (Fsp3) is 1.00. The van der Waals surface area contributed by atoms with Crippen molar-refractivity contribution in [3.8, 4) is 0 Å². The zero-order valence-corrected chi connectivity index (χ0v) is 6.36. The second-order valence-electron chi connectivity index (χ2n) is 1.47. The van der Waals surface area contributed by atoms with Gasteiger partial charge < -0.3 is 4.74 Å². The molecule has 3 nitrogen and oxygen atoms in total. The third kappa shape index (κ3) is 3.37. The van der Waals surface area contributed by atoms with E-state index in [-0.39, 0.29) is 17.0 Å². The first-order chi connectivity index (χ1) is 3.50. The summed E-state index contributed by atoms with van der Waals surface area (Å²) in [6.45, 7) is 3.49. The molecule has 0 aromatic carbocycles. The van der Waals surface area contributed by atoms with Gasteiger partial charge in [0.05, 0.1) is 13.2 Å². The summed E-state index contributed by atoms with van der Waals surface area (Å²) in [4.78, 5) is 0. The van der Waals surface area contributed by atoms with Crippen molar-refractivity contribution in [2.45, 2.75) is 0 Å². The van der Waals surface area contributed by atoms with Gasteiger partial charge in [-0.3, -0.25) is 10.9 Å². The maximum atomic E-state index is 5.07. The summed E-state index contributed by atoms with van der Waals surface area (Å²) in [5, 5.41) is 0. The quantitative estimate of drug-likeness (QED) is 0.540. The number of hydrogen-bond donors (Lipinski definition) is 2. The highest BCUT2D eigenvalue weighted by Crippen LogP contribution is 1.73. The molecule has 0 aromatic rings. The second-order valence-corrected chi connectivity index (χ2v) is 1.47. The number of nitrogens with one attached hydrogen (secondary N) is 2. The number of ether oxygens (including phenoxy) is 1. The minimum atomic E-state index is 0. The molecule has 0 spiro atoms. The van der Waals surface area contributed by atoms with E-state index in [2.05, 4.69) is 10.9 Å². The highest BCUT2D eigenvalue weighted by Gasteiger charge is 1.92. The Morgan fingerprint density at radius 1 is 1.00 bits per heavy atom. The van der Waals surface area contributed by atoms with Crippen LogP contribution in [0.3, 0.4) is 0 Å². The van der Waals surface area contributed by atoms with E-state index in [0.29, 0.717) is 0 Å². The molecule has 1 fully saturated rings. The molecule has 0 saturated carbocycles. The van der Waals surface area contributed by atoms with Gasteiger partial charge in [-0.25, -0.2) is 0 Å². The lowest BCUT2D eigenvalue weighted by atomic mass is 10.7. The van der Waals surface area contributed by atoms with Gasteiger partial charge in [0.25, 0.3) is 0 Å². The highest BCUT2D eigenvalue weighted by molar-refractivity contribution is 8.93.